The van der Waals surface area contributed by atoms with Crippen LogP contribution in [0.2, 0.25) is 0 Å². The Morgan fingerprint density at radius 1 is 1.37 bits per heavy atom. The fraction of sp³-hybridized carbons (Fsp3) is 0.154. The first-order valence-corrected chi connectivity index (χ1v) is 6.53. The number of carbonyl (C=O) groups is 1. The molecule has 1 aliphatic heterocycles. The van der Waals surface area contributed by atoms with E-state index in [2.05, 4.69) is 25.9 Å². The summed E-state index contributed by atoms with van der Waals surface area (Å²) in [6.45, 7) is 0. The van der Waals surface area contributed by atoms with E-state index in [0.29, 0.717) is 5.84 Å². The summed E-state index contributed by atoms with van der Waals surface area (Å²) in [5.74, 6) is 0.307. The molecular formula is C13H11BrN4O. The monoisotopic (exact) mass is 318 g/mol. The Labute approximate surface area is 118 Å². The van der Waals surface area contributed by atoms with Crippen molar-refractivity contribution in [2.45, 2.75) is 6.04 Å². The van der Waals surface area contributed by atoms with E-state index in [0.717, 1.165) is 20.9 Å². The second kappa shape index (κ2) is 4.31. The van der Waals surface area contributed by atoms with Crippen molar-refractivity contribution < 1.29 is 4.79 Å². The SMILES string of the molecule is CN1C(=O)N=C(N)C1c1ccc(Br)c2cccnc12. The van der Waals surface area contributed by atoms with Crippen LogP contribution in [-0.4, -0.2) is 28.8 Å². The van der Waals surface area contributed by atoms with E-state index in [-0.39, 0.29) is 12.1 Å². The van der Waals surface area contributed by atoms with Crippen molar-refractivity contribution in [3.63, 3.8) is 0 Å². The Balaban J connectivity index is 2.25. The highest BCUT2D eigenvalue weighted by Crippen LogP contribution is 2.33. The molecule has 0 spiro atoms. The predicted octanol–water partition coefficient (Wildman–Crippen LogP) is 2.46. The van der Waals surface area contributed by atoms with Crippen LogP contribution in [0.25, 0.3) is 10.9 Å². The third-order valence-electron chi connectivity index (χ3n) is 3.24. The summed E-state index contributed by atoms with van der Waals surface area (Å²) in [7, 11) is 1.69. The quantitative estimate of drug-likeness (QED) is 0.877. The number of aliphatic imine (C=N–C) groups is 1. The minimum absolute atomic E-state index is 0.307. The van der Waals surface area contributed by atoms with Crippen LogP contribution in [-0.2, 0) is 0 Å². The molecule has 6 heteroatoms. The van der Waals surface area contributed by atoms with Crippen LogP contribution >= 0.6 is 15.9 Å². The van der Waals surface area contributed by atoms with Gasteiger partial charge in [-0.3, -0.25) is 4.98 Å². The molecule has 0 aliphatic carbocycles. The fourth-order valence-corrected chi connectivity index (χ4v) is 2.76. The van der Waals surface area contributed by atoms with Crippen LogP contribution in [0.3, 0.4) is 0 Å². The molecular weight excluding hydrogens is 308 g/mol. The second-order valence-corrected chi connectivity index (χ2v) is 5.22. The molecule has 5 nitrogen and oxygen atoms in total. The Morgan fingerprint density at radius 3 is 2.84 bits per heavy atom. The lowest BCUT2D eigenvalue weighted by Gasteiger charge is -2.21. The average molecular weight is 319 g/mol. The van der Waals surface area contributed by atoms with Crippen molar-refractivity contribution in [2.24, 2.45) is 10.7 Å². The first-order chi connectivity index (χ1) is 9.09. The maximum absolute atomic E-state index is 11.6. The number of nitrogens with two attached hydrogens (primary N) is 1. The Morgan fingerprint density at radius 2 is 2.16 bits per heavy atom. The highest BCUT2D eigenvalue weighted by molar-refractivity contribution is 9.10. The molecule has 0 bridgehead atoms. The highest BCUT2D eigenvalue weighted by Gasteiger charge is 2.33. The number of amidine groups is 1. The number of rotatable bonds is 1. The number of hydrogen-bond acceptors (Lipinski definition) is 3. The standard InChI is InChI=1S/C13H11BrN4O/c1-18-11(12(15)17-13(18)19)8-4-5-9(14)7-3-2-6-16-10(7)8/h2-6,11H,1H3,(H2,15,17,19). The van der Waals surface area contributed by atoms with Crippen molar-refractivity contribution in [1.29, 1.82) is 0 Å². The predicted molar refractivity (Wildman–Crippen MR) is 77.0 cm³/mol. The summed E-state index contributed by atoms with van der Waals surface area (Å²) in [5.41, 5.74) is 7.57. The smallest absolute Gasteiger partial charge is 0.345 e. The van der Waals surface area contributed by atoms with Crippen LogP contribution in [0, 0.1) is 0 Å². The number of fused-ring (bicyclic) bond motifs is 1. The van der Waals surface area contributed by atoms with Crippen LogP contribution < -0.4 is 5.73 Å². The lowest BCUT2D eigenvalue weighted by molar-refractivity contribution is 0.219. The number of nitrogens with zero attached hydrogens (tertiary/aromatic N) is 3. The second-order valence-electron chi connectivity index (χ2n) is 4.37. The van der Waals surface area contributed by atoms with E-state index in [1.165, 1.54) is 4.90 Å². The topological polar surface area (TPSA) is 71.6 Å². The number of pyridine rings is 1. The molecule has 0 saturated heterocycles. The van der Waals surface area contributed by atoms with Crippen LogP contribution in [0.15, 0.2) is 39.9 Å². The van der Waals surface area contributed by atoms with Gasteiger partial charge in [0.1, 0.15) is 11.9 Å². The minimum atomic E-state index is -0.349. The number of benzene rings is 1. The number of halogens is 1. The number of amides is 2. The zero-order valence-corrected chi connectivity index (χ0v) is 11.8. The van der Waals surface area contributed by atoms with E-state index in [1.807, 2.05) is 24.3 Å². The van der Waals surface area contributed by atoms with Gasteiger partial charge in [-0.2, -0.15) is 4.99 Å². The van der Waals surface area contributed by atoms with Gasteiger partial charge in [0.05, 0.1) is 5.52 Å². The molecule has 19 heavy (non-hydrogen) atoms. The molecule has 1 unspecified atom stereocenters. The number of hydrogen-bond donors (Lipinski definition) is 1. The van der Waals surface area contributed by atoms with Gasteiger partial charge in [0.2, 0.25) is 0 Å². The number of aromatic nitrogens is 1. The largest absolute Gasteiger partial charge is 0.385 e. The fourth-order valence-electron chi connectivity index (χ4n) is 2.31. The van der Waals surface area contributed by atoms with Crippen LogP contribution in [0.5, 0.6) is 0 Å². The zero-order chi connectivity index (χ0) is 13.6. The van der Waals surface area contributed by atoms with Gasteiger partial charge in [0.25, 0.3) is 0 Å². The zero-order valence-electron chi connectivity index (χ0n) is 10.2. The van der Waals surface area contributed by atoms with E-state index in [9.17, 15) is 4.79 Å². The first-order valence-electron chi connectivity index (χ1n) is 5.73. The Bertz CT molecular complexity index is 713. The van der Waals surface area contributed by atoms with Gasteiger partial charge in [0, 0.05) is 28.7 Å². The van der Waals surface area contributed by atoms with Crippen molar-refractivity contribution in [1.82, 2.24) is 9.88 Å². The van der Waals surface area contributed by atoms with Crippen LogP contribution in [0.4, 0.5) is 4.79 Å². The minimum Gasteiger partial charge on any atom is -0.385 e. The van der Waals surface area contributed by atoms with E-state index >= 15 is 0 Å². The lowest BCUT2D eigenvalue weighted by atomic mass is 10.0. The number of carbonyl (C=O) groups excluding carboxylic acids is 1. The third kappa shape index (κ3) is 1.79. The molecule has 0 radical (unpaired) electrons. The normalized spacial score (nSPS) is 19.1. The maximum Gasteiger partial charge on any atom is 0.345 e. The van der Waals surface area contributed by atoms with Crippen LogP contribution in [0.1, 0.15) is 11.6 Å². The molecule has 2 N–H and O–H groups in total. The van der Waals surface area contributed by atoms with Gasteiger partial charge in [0.15, 0.2) is 0 Å². The third-order valence-corrected chi connectivity index (χ3v) is 3.93. The lowest BCUT2D eigenvalue weighted by Crippen LogP contribution is -2.30. The summed E-state index contributed by atoms with van der Waals surface area (Å²) >= 11 is 3.50. The average Bonchev–Trinajstić information content (AvgIpc) is 2.65. The molecule has 2 heterocycles. The molecule has 1 aromatic heterocycles. The van der Waals surface area contributed by atoms with Gasteiger partial charge >= 0.3 is 6.03 Å². The number of likely N-dealkylation sites (N-methyl/N-ethyl adjacent to an activating group) is 1. The Hall–Kier alpha value is -1.95. The Kier molecular flexibility index (Phi) is 2.74. The molecule has 2 aromatic rings. The first kappa shape index (κ1) is 12.1. The van der Waals surface area contributed by atoms with E-state index < -0.39 is 0 Å². The van der Waals surface area contributed by atoms with Crippen molar-refractivity contribution >= 4 is 38.7 Å². The summed E-state index contributed by atoms with van der Waals surface area (Å²) < 4.78 is 0.960. The van der Waals surface area contributed by atoms with Crippen molar-refractivity contribution in [3.8, 4) is 0 Å². The van der Waals surface area contributed by atoms with Crippen molar-refractivity contribution in [2.75, 3.05) is 7.05 Å². The molecule has 1 aromatic carbocycles. The summed E-state index contributed by atoms with van der Waals surface area (Å²) in [4.78, 5) is 21.3. The van der Waals surface area contributed by atoms with Gasteiger partial charge in [-0.25, -0.2) is 4.79 Å². The van der Waals surface area contributed by atoms with Crippen molar-refractivity contribution in [3.05, 3.63) is 40.5 Å². The van der Waals surface area contributed by atoms with Gasteiger partial charge in [-0.15, -0.1) is 0 Å². The summed E-state index contributed by atoms with van der Waals surface area (Å²) in [6, 6.07) is 7.02. The van der Waals surface area contributed by atoms with Gasteiger partial charge < -0.3 is 10.6 Å². The molecule has 3 rings (SSSR count). The van der Waals surface area contributed by atoms with E-state index in [1.54, 1.807) is 13.2 Å². The molecule has 0 saturated carbocycles. The number of urea groups is 1. The summed E-state index contributed by atoms with van der Waals surface area (Å²) in [6.07, 6.45) is 1.72. The van der Waals surface area contributed by atoms with Gasteiger partial charge in [-0.1, -0.05) is 28.1 Å². The van der Waals surface area contributed by atoms with Gasteiger partial charge in [-0.05, 0) is 12.1 Å². The molecule has 96 valence electrons. The summed E-state index contributed by atoms with van der Waals surface area (Å²) in [5, 5.41) is 0.987. The molecule has 1 atom stereocenters. The highest BCUT2D eigenvalue weighted by atomic mass is 79.9. The molecule has 0 fully saturated rings. The molecule has 1 aliphatic rings. The maximum atomic E-state index is 11.6. The molecule has 2 amide bonds. The van der Waals surface area contributed by atoms with E-state index in [4.69, 9.17) is 5.73 Å².